The minimum Gasteiger partial charge on any atom is -0.508 e. The molecule has 0 aliphatic carbocycles. The first-order chi connectivity index (χ1) is 30.6. The molecule has 0 unspecified atom stereocenters. The normalized spacial score (nSPS) is 8.42. The molecule has 8 N–H and O–H groups in total. The van der Waals surface area contributed by atoms with E-state index in [4.69, 9.17) is 44.8 Å². The molecule has 0 aliphatic rings. The Kier molecular flexibility index (Phi) is 36.8. The van der Waals surface area contributed by atoms with E-state index in [0.29, 0.717) is 28.7 Å². The van der Waals surface area contributed by atoms with Crippen molar-refractivity contribution in [3.63, 3.8) is 0 Å². The molecule has 0 spiro atoms. The highest BCUT2D eigenvalue weighted by molar-refractivity contribution is 5.30. The summed E-state index contributed by atoms with van der Waals surface area (Å²) in [5.41, 5.74) is 1.85. The van der Waals surface area contributed by atoms with Crippen molar-refractivity contribution in [2.45, 2.75) is 13.8 Å². The fourth-order valence-corrected chi connectivity index (χ4v) is 4.08. The summed E-state index contributed by atoms with van der Waals surface area (Å²) in [6.07, 6.45) is 0. The van der Waals surface area contributed by atoms with Crippen molar-refractivity contribution < 1.29 is 50.3 Å². The van der Waals surface area contributed by atoms with Crippen molar-refractivity contribution in [1.29, 1.82) is 0 Å². The van der Waals surface area contributed by atoms with Gasteiger partial charge in [0.2, 0.25) is 0 Å². The van der Waals surface area contributed by atoms with Gasteiger partial charge in [0.15, 0.2) is 0 Å². The van der Waals surface area contributed by atoms with Crippen LogP contribution in [0, 0.1) is 13.8 Å². The van der Waals surface area contributed by atoms with E-state index in [9.17, 15) is 0 Å². The maximum atomic E-state index is 8.92. The third kappa shape index (κ3) is 32.9. The number of hydrogen-bond donors (Lipinski definition) is 6. The maximum absolute atomic E-state index is 8.92. The van der Waals surface area contributed by atoms with E-state index in [1.165, 1.54) is 0 Å². The minimum atomic E-state index is 0. The molecule has 8 aromatic rings. The molecule has 0 heterocycles. The van der Waals surface area contributed by atoms with Crippen LogP contribution in [0.3, 0.4) is 0 Å². The lowest BCUT2D eigenvalue weighted by molar-refractivity contribution is 0.399. The number of aliphatic hydroxyl groups excluding tert-OH is 1. The topological polar surface area (TPSA) is 181 Å². The van der Waals surface area contributed by atoms with Crippen molar-refractivity contribution in [3.8, 4) is 46.0 Å². The fraction of sp³-hybridized carbons (Fsp3) is 0.111. The highest BCUT2D eigenvalue weighted by Gasteiger charge is 1.88. The zero-order valence-corrected chi connectivity index (χ0v) is 37.3. The van der Waals surface area contributed by atoms with Crippen LogP contribution in [0.1, 0.15) is 11.1 Å². The number of phenols is 5. The summed E-state index contributed by atoms with van der Waals surface area (Å²) in [6, 6.07) is 69.7. The van der Waals surface area contributed by atoms with Crippen LogP contribution in [-0.2, 0) is 0 Å². The van der Waals surface area contributed by atoms with Gasteiger partial charge in [-0.1, -0.05) is 146 Å². The Labute approximate surface area is 379 Å². The molecule has 0 atom stereocenters. The molecule has 8 aromatic carbocycles. The van der Waals surface area contributed by atoms with Gasteiger partial charge in [-0.05, 0) is 110 Å². The number of rotatable bonds is 3. The van der Waals surface area contributed by atoms with Crippen LogP contribution in [0.2, 0.25) is 0 Å². The van der Waals surface area contributed by atoms with Gasteiger partial charge >= 0.3 is 0 Å². The molecule has 0 radical (unpaired) electrons. The number of phenolic OH excluding ortho intramolecular Hbond substituents is 5. The van der Waals surface area contributed by atoms with Crippen molar-refractivity contribution in [1.82, 2.24) is 0 Å². The van der Waals surface area contributed by atoms with E-state index in [-0.39, 0.29) is 5.48 Å². The second-order valence-electron chi connectivity index (χ2n) is 12.1. The maximum Gasteiger partial charge on any atom is 0.118 e. The van der Waals surface area contributed by atoms with Gasteiger partial charge in [-0.3, -0.25) is 0 Å². The number of para-hydroxylation sites is 8. The summed E-state index contributed by atoms with van der Waals surface area (Å²) in [6.45, 7) is 3.74. The van der Waals surface area contributed by atoms with Crippen LogP contribution < -0.4 is 14.2 Å². The van der Waals surface area contributed by atoms with E-state index in [1.807, 2.05) is 159 Å². The summed E-state index contributed by atoms with van der Waals surface area (Å²) in [4.78, 5) is 0. The smallest absolute Gasteiger partial charge is 0.118 e. The third-order valence-corrected chi connectivity index (χ3v) is 7.44. The van der Waals surface area contributed by atoms with Crippen molar-refractivity contribution in [2.24, 2.45) is 0 Å². The SMILES string of the molecule is CO.COc1ccccc1.COc1ccccc1.COc1ccccc1.Cc1ccccc1O.Cc1ccccc1O.O.Oc1ccccc1.Oc1ccccc1.Oc1ccccc1. The molecule has 340 valence electrons. The number of hydrogen-bond acceptors (Lipinski definition) is 9. The Morgan fingerprint density at radius 1 is 0.266 bits per heavy atom. The average Bonchev–Trinajstić information content (AvgIpc) is 3.34. The van der Waals surface area contributed by atoms with Gasteiger partial charge in [0.05, 0.1) is 21.3 Å². The number of methoxy groups -OCH3 is 3. The number of aromatic hydroxyl groups is 5. The van der Waals surface area contributed by atoms with Gasteiger partial charge in [-0.15, -0.1) is 0 Å². The Hall–Kier alpha value is -7.92. The first kappa shape index (κ1) is 58.2. The standard InChI is InChI=1S/5C7H8O.3C6H6O.CH4O.H2O/c3*1-8-7-5-3-2-4-6-7;2*1-6-4-2-3-5-7(6)8;3*7-6-4-2-1-3-5-6;1-2;/h3*2-6H,1H3;2*2-5,8H,1H3;3*1-5,7H;2H,1H3;1H2. The largest absolute Gasteiger partial charge is 0.508 e. The summed E-state index contributed by atoms with van der Waals surface area (Å²) in [5.74, 6) is 4.43. The minimum absolute atomic E-state index is 0. The summed E-state index contributed by atoms with van der Waals surface area (Å²) >= 11 is 0. The highest BCUT2D eigenvalue weighted by atomic mass is 16.5. The van der Waals surface area contributed by atoms with Crippen LogP contribution in [0.25, 0.3) is 0 Å². The molecule has 10 nitrogen and oxygen atoms in total. The van der Waals surface area contributed by atoms with Crippen molar-refractivity contribution in [2.75, 3.05) is 28.4 Å². The van der Waals surface area contributed by atoms with Gasteiger partial charge < -0.3 is 50.3 Å². The average molecular weight is 873 g/mol. The monoisotopic (exact) mass is 872 g/mol. The number of benzene rings is 8. The lowest BCUT2D eigenvalue weighted by Crippen LogP contribution is -1.78. The predicted molar refractivity (Wildman–Crippen MR) is 261 cm³/mol. The van der Waals surface area contributed by atoms with Crippen LogP contribution in [-0.4, -0.2) is 64.6 Å². The second kappa shape index (κ2) is 40.5. The molecule has 0 fully saturated rings. The molecule has 0 bridgehead atoms. The lowest BCUT2D eigenvalue weighted by Gasteiger charge is -1.93. The summed E-state index contributed by atoms with van der Waals surface area (Å²) in [7, 11) is 5.99. The Morgan fingerprint density at radius 2 is 0.438 bits per heavy atom. The second-order valence-corrected chi connectivity index (χ2v) is 12.1. The molecule has 8 rings (SSSR count). The fourth-order valence-electron chi connectivity index (χ4n) is 4.08. The molecule has 10 heteroatoms. The first-order valence-electron chi connectivity index (χ1n) is 19.5. The number of aryl methyl sites for hydroxylation is 2. The van der Waals surface area contributed by atoms with Gasteiger partial charge in [0.1, 0.15) is 46.0 Å². The van der Waals surface area contributed by atoms with Gasteiger partial charge in [0, 0.05) is 7.11 Å². The summed E-state index contributed by atoms with van der Waals surface area (Å²) in [5, 5.41) is 50.7. The molecular weight excluding hydrogens is 809 g/mol. The molecule has 0 saturated carbocycles. The third-order valence-electron chi connectivity index (χ3n) is 7.44. The Balaban J connectivity index is 0. The van der Waals surface area contributed by atoms with Crippen molar-refractivity contribution in [3.05, 3.63) is 242 Å². The quantitative estimate of drug-likeness (QED) is 0.101. The van der Waals surface area contributed by atoms with E-state index >= 15 is 0 Å². The van der Waals surface area contributed by atoms with Gasteiger partial charge in [0.25, 0.3) is 0 Å². The predicted octanol–water partition coefficient (Wildman–Crippen LogP) is 11.4. The zero-order chi connectivity index (χ0) is 46.8. The van der Waals surface area contributed by atoms with Crippen molar-refractivity contribution >= 4 is 0 Å². The molecule has 64 heavy (non-hydrogen) atoms. The Bertz CT molecular complexity index is 1890. The first-order valence-corrected chi connectivity index (χ1v) is 19.5. The Morgan fingerprint density at radius 3 is 0.547 bits per heavy atom. The van der Waals surface area contributed by atoms with E-state index in [1.54, 1.807) is 106 Å². The molecule has 0 aliphatic heterocycles. The van der Waals surface area contributed by atoms with Crippen LogP contribution >= 0.6 is 0 Å². The van der Waals surface area contributed by atoms with Gasteiger partial charge in [-0.25, -0.2) is 0 Å². The molecule has 0 amide bonds. The zero-order valence-electron chi connectivity index (χ0n) is 37.3. The van der Waals surface area contributed by atoms with Crippen LogP contribution in [0.4, 0.5) is 0 Å². The van der Waals surface area contributed by atoms with Crippen LogP contribution in [0.5, 0.6) is 46.0 Å². The number of aliphatic hydroxyl groups is 1. The van der Waals surface area contributed by atoms with E-state index < -0.39 is 0 Å². The van der Waals surface area contributed by atoms with Gasteiger partial charge in [-0.2, -0.15) is 0 Å². The van der Waals surface area contributed by atoms with E-state index in [2.05, 4.69) is 0 Å². The summed E-state index contributed by atoms with van der Waals surface area (Å²) < 4.78 is 14.7. The molecule has 0 aromatic heterocycles. The number of ether oxygens (including phenoxy) is 3. The van der Waals surface area contributed by atoms with Crippen LogP contribution in [0.15, 0.2) is 231 Å². The molecular formula is C54H64O10. The lowest BCUT2D eigenvalue weighted by atomic mass is 10.2. The van der Waals surface area contributed by atoms with E-state index in [0.717, 1.165) is 35.5 Å². The molecule has 0 saturated heterocycles. The highest BCUT2D eigenvalue weighted by Crippen LogP contribution is 2.13.